The molecule has 4 N–H and O–H groups in total. The third kappa shape index (κ3) is 2.57. The molecule has 2 unspecified atom stereocenters. The lowest BCUT2D eigenvalue weighted by Gasteiger charge is -2.60. The highest BCUT2D eigenvalue weighted by molar-refractivity contribution is 5.80. The zero-order valence-electron chi connectivity index (χ0n) is 15.5. The first-order chi connectivity index (χ1) is 13.5. The molecule has 5 aliphatic rings. The van der Waals surface area contributed by atoms with Gasteiger partial charge in [-0.3, -0.25) is 0 Å². The van der Waals surface area contributed by atoms with E-state index in [1.807, 2.05) is 24.3 Å². The van der Waals surface area contributed by atoms with Gasteiger partial charge in [-0.1, -0.05) is 6.07 Å². The van der Waals surface area contributed by atoms with Crippen molar-refractivity contribution in [3.8, 4) is 5.88 Å². The molecule has 28 heavy (non-hydrogen) atoms. The average Bonchev–Trinajstić information content (AvgIpc) is 3.18. The number of rotatable bonds is 3. The second-order valence-electron chi connectivity index (χ2n) is 9.22. The van der Waals surface area contributed by atoms with Crippen LogP contribution in [0.25, 0.3) is 6.08 Å². The number of aliphatic hydroxyl groups is 1. The number of anilines is 1. The zero-order valence-corrected chi connectivity index (χ0v) is 15.5. The Balaban J connectivity index is 1.30. The van der Waals surface area contributed by atoms with Crippen molar-refractivity contribution in [3.63, 3.8) is 0 Å². The minimum Gasteiger partial charge on any atom is -0.492 e. The molecule has 0 radical (unpaired) electrons. The lowest BCUT2D eigenvalue weighted by atomic mass is 9.51. The fraction of sp³-hybridized carbons (Fsp3) is 0.476. The maximum Gasteiger partial charge on any atom is 0.238 e. The molecule has 1 aliphatic heterocycles. The second-order valence-corrected chi connectivity index (χ2v) is 9.22. The number of aromatic hydroxyl groups is 1. The molecule has 7 rings (SSSR count). The molecular formula is C21H23N5O2. The van der Waals surface area contributed by atoms with Gasteiger partial charge in [0, 0.05) is 11.1 Å². The van der Waals surface area contributed by atoms with E-state index in [4.69, 9.17) is 0 Å². The van der Waals surface area contributed by atoms with E-state index >= 15 is 0 Å². The van der Waals surface area contributed by atoms with Gasteiger partial charge in [-0.15, -0.1) is 0 Å². The van der Waals surface area contributed by atoms with Gasteiger partial charge in [-0.25, -0.2) is 0 Å². The van der Waals surface area contributed by atoms with E-state index in [1.165, 1.54) is 6.42 Å². The smallest absolute Gasteiger partial charge is 0.238 e. The minimum absolute atomic E-state index is 0.0233. The van der Waals surface area contributed by atoms with E-state index in [-0.39, 0.29) is 11.4 Å². The van der Waals surface area contributed by atoms with E-state index in [9.17, 15) is 10.2 Å². The molecule has 0 saturated heterocycles. The van der Waals surface area contributed by atoms with E-state index in [0.717, 1.165) is 48.2 Å². The van der Waals surface area contributed by atoms with Crippen LogP contribution in [0.3, 0.4) is 0 Å². The quantitative estimate of drug-likeness (QED) is 0.649. The molecule has 1 aromatic carbocycles. The van der Waals surface area contributed by atoms with Gasteiger partial charge in [0.2, 0.25) is 11.8 Å². The number of imidazole rings is 1. The monoisotopic (exact) mass is 377 g/mol. The van der Waals surface area contributed by atoms with Crippen LogP contribution in [0.5, 0.6) is 5.88 Å². The molecule has 1 aromatic heterocycles. The summed E-state index contributed by atoms with van der Waals surface area (Å²) in [5.74, 6) is 1.73. The Bertz CT molecular complexity index is 1100. The van der Waals surface area contributed by atoms with Crippen molar-refractivity contribution in [1.29, 1.82) is 0 Å². The number of hydrogen-bond acceptors (Lipinski definition) is 6. The molecule has 2 atom stereocenters. The van der Waals surface area contributed by atoms with Gasteiger partial charge in [0.15, 0.2) is 0 Å². The Morgan fingerprint density at radius 1 is 1.18 bits per heavy atom. The Morgan fingerprint density at radius 3 is 2.79 bits per heavy atom. The number of aromatic nitrogens is 2. The van der Waals surface area contributed by atoms with Crippen molar-refractivity contribution >= 4 is 18.2 Å². The summed E-state index contributed by atoms with van der Waals surface area (Å²) in [6, 6.07) is 5.84. The summed E-state index contributed by atoms with van der Waals surface area (Å²) in [4.78, 5) is 7.53. The summed E-state index contributed by atoms with van der Waals surface area (Å²) >= 11 is 0. The predicted octanol–water partition coefficient (Wildman–Crippen LogP) is 1.41. The average molecular weight is 377 g/mol. The van der Waals surface area contributed by atoms with Crippen LogP contribution in [-0.4, -0.2) is 37.5 Å². The van der Waals surface area contributed by atoms with E-state index in [0.29, 0.717) is 23.5 Å². The van der Waals surface area contributed by atoms with Gasteiger partial charge in [0.25, 0.3) is 0 Å². The van der Waals surface area contributed by atoms with Crippen molar-refractivity contribution in [2.24, 2.45) is 22.0 Å². The van der Waals surface area contributed by atoms with Crippen molar-refractivity contribution in [2.45, 2.75) is 49.7 Å². The van der Waals surface area contributed by atoms with Crippen LogP contribution in [0.2, 0.25) is 0 Å². The van der Waals surface area contributed by atoms with Gasteiger partial charge >= 0.3 is 0 Å². The summed E-state index contributed by atoms with van der Waals surface area (Å²) in [7, 11) is 0. The number of aromatic amines is 1. The van der Waals surface area contributed by atoms with Crippen molar-refractivity contribution in [3.05, 3.63) is 40.0 Å². The molecule has 7 heteroatoms. The first-order valence-corrected chi connectivity index (χ1v) is 10.0. The molecule has 0 amide bonds. The van der Waals surface area contributed by atoms with Gasteiger partial charge < -0.3 is 20.5 Å². The SMILES string of the molecule is Oc1nc(NC23CC4CC(CC(O)(C4)C2)C3)[nH]c1/C=c1\ccc2c(c1)C=NN=2. The van der Waals surface area contributed by atoms with E-state index in [1.54, 1.807) is 6.21 Å². The Hall–Kier alpha value is -2.67. The maximum absolute atomic E-state index is 10.9. The van der Waals surface area contributed by atoms with Crippen LogP contribution < -0.4 is 15.9 Å². The number of H-pyrrole nitrogens is 1. The van der Waals surface area contributed by atoms with Crippen molar-refractivity contribution in [1.82, 2.24) is 9.97 Å². The molecule has 7 nitrogen and oxygen atoms in total. The predicted molar refractivity (Wildman–Crippen MR) is 105 cm³/mol. The third-order valence-corrected chi connectivity index (χ3v) is 6.85. The Kier molecular flexibility index (Phi) is 3.17. The molecule has 4 fully saturated rings. The highest BCUT2D eigenvalue weighted by Crippen LogP contribution is 2.58. The zero-order chi connectivity index (χ0) is 18.9. The molecule has 2 heterocycles. The molecule has 144 valence electrons. The third-order valence-electron chi connectivity index (χ3n) is 6.85. The van der Waals surface area contributed by atoms with Crippen LogP contribution in [0, 0.1) is 11.8 Å². The largest absolute Gasteiger partial charge is 0.492 e. The molecule has 4 aliphatic carbocycles. The number of nitrogens with one attached hydrogen (secondary N) is 2. The molecule has 4 bridgehead atoms. The molecule has 0 spiro atoms. The summed E-state index contributed by atoms with van der Waals surface area (Å²) in [6.45, 7) is 0. The molecular weight excluding hydrogens is 354 g/mol. The highest BCUT2D eigenvalue weighted by Gasteiger charge is 2.57. The number of fused-ring (bicyclic) bond motifs is 1. The fourth-order valence-corrected chi connectivity index (χ4v) is 6.33. The summed E-state index contributed by atoms with van der Waals surface area (Å²) in [5.41, 5.74) is 0.884. The van der Waals surface area contributed by atoms with Crippen molar-refractivity contribution in [2.75, 3.05) is 5.32 Å². The van der Waals surface area contributed by atoms with Gasteiger partial charge in [-0.05, 0) is 73.8 Å². The first kappa shape index (κ1) is 16.3. The van der Waals surface area contributed by atoms with Crippen molar-refractivity contribution < 1.29 is 10.2 Å². The van der Waals surface area contributed by atoms with Gasteiger partial charge in [-0.2, -0.15) is 15.2 Å². The summed E-state index contributed by atoms with van der Waals surface area (Å²) < 4.78 is 0. The maximum atomic E-state index is 10.9. The van der Waals surface area contributed by atoms with Crippen LogP contribution in [0.15, 0.2) is 28.4 Å². The topological polar surface area (TPSA) is 106 Å². The minimum atomic E-state index is -0.530. The Morgan fingerprint density at radius 2 is 2.00 bits per heavy atom. The van der Waals surface area contributed by atoms with Crippen LogP contribution in [0.4, 0.5) is 5.95 Å². The highest BCUT2D eigenvalue weighted by atomic mass is 16.3. The number of hydrogen-bond donors (Lipinski definition) is 4. The second kappa shape index (κ2) is 5.44. The molecule has 2 aromatic rings. The van der Waals surface area contributed by atoms with E-state index in [2.05, 4.69) is 25.5 Å². The molecule has 4 saturated carbocycles. The fourth-order valence-electron chi connectivity index (χ4n) is 6.33. The first-order valence-electron chi connectivity index (χ1n) is 10.0. The normalized spacial score (nSPS) is 35.2. The summed E-state index contributed by atoms with van der Waals surface area (Å²) in [5, 5.41) is 34.6. The lowest BCUT2D eigenvalue weighted by Crippen LogP contribution is -2.62. The summed E-state index contributed by atoms with van der Waals surface area (Å²) in [6.07, 6.45) is 9.60. The number of benzene rings is 1. The lowest BCUT2D eigenvalue weighted by molar-refractivity contribution is -0.127. The standard InChI is InChI=1S/C21H23N5O2/c27-18-17(5-12-1-2-16-15(4-12)10-22-26-16)23-19(24-18)25-20-6-13-3-14(7-20)9-21(28,8-13)11-20/h1-2,4-5,10,13-14,27-28H,3,6-9,11H2,(H2,23,24,25)/b12-5+. The van der Waals surface area contributed by atoms with Crippen LogP contribution >= 0.6 is 0 Å². The van der Waals surface area contributed by atoms with Crippen LogP contribution in [0.1, 0.15) is 49.8 Å². The van der Waals surface area contributed by atoms with Crippen LogP contribution in [-0.2, 0) is 0 Å². The number of nitrogens with zero attached hydrogens (tertiary/aromatic N) is 3. The van der Waals surface area contributed by atoms with E-state index < -0.39 is 5.60 Å². The van der Waals surface area contributed by atoms with Gasteiger partial charge in [0.1, 0.15) is 5.69 Å². The van der Waals surface area contributed by atoms with Gasteiger partial charge in [0.05, 0.1) is 17.2 Å². The Labute approximate surface area is 161 Å².